The lowest BCUT2D eigenvalue weighted by Crippen LogP contribution is -2.19. The summed E-state index contributed by atoms with van der Waals surface area (Å²) in [6, 6.07) is 12.3. The maximum atomic E-state index is 11.3. The van der Waals surface area contributed by atoms with Gasteiger partial charge in [0, 0.05) is 22.9 Å². The van der Waals surface area contributed by atoms with Crippen LogP contribution in [0.4, 0.5) is 0 Å². The standard InChI is InChI=1S/C16H13ClO3/c17-12-3-1-10(2-4-12)16-7-11(9-18)14-8-13(19)5-6-15(14)20-16/h1-6,8-9,11,16,19H,7H2. The van der Waals surface area contributed by atoms with E-state index in [9.17, 15) is 9.90 Å². The second kappa shape index (κ2) is 5.17. The highest BCUT2D eigenvalue weighted by atomic mass is 35.5. The van der Waals surface area contributed by atoms with E-state index in [1.54, 1.807) is 18.2 Å². The number of hydrogen-bond acceptors (Lipinski definition) is 3. The number of carbonyl (C=O) groups is 1. The third-order valence-corrected chi connectivity index (χ3v) is 3.79. The van der Waals surface area contributed by atoms with Crippen LogP contribution < -0.4 is 4.74 Å². The average molecular weight is 289 g/mol. The second-order valence-electron chi connectivity index (χ2n) is 4.86. The first-order chi connectivity index (χ1) is 9.67. The minimum atomic E-state index is -0.272. The molecule has 1 N–H and O–H groups in total. The lowest BCUT2D eigenvalue weighted by atomic mass is 9.88. The number of ether oxygens (including phenoxy) is 1. The molecule has 1 aliphatic heterocycles. The molecular formula is C16H13ClO3. The van der Waals surface area contributed by atoms with Gasteiger partial charge in [-0.25, -0.2) is 0 Å². The molecule has 0 fully saturated rings. The number of rotatable bonds is 2. The van der Waals surface area contributed by atoms with Gasteiger partial charge < -0.3 is 14.6 Å². The molecule has 4 heteroatoms. The molecule has 2 aromatic rings. The van der Waals surface area contributed by atoms with Gasteiger partial charge in [0.1, 0.15) is 23.9 Å². The van der Waals surface area contributed by atoms with Crippen LogP contribution in [0.5, 0.6) is 11.5 Å². The van der Waals surface area contributed by atoms with Crippen LogP contribution in [0.15, 0.2) is 42.5 Å². The number of fused-ring (bicyclic) bond motifs is 1. The van der Waals surface area contributed by atoms with Gasteiger partial charge in [-0.3, -0.25) is 0 Å². The average Bonchev–Trinajstić information content (AvgIpc) is 2.47. The molecule has 2 unspecified atom stereocenters. The SMILES string of the molecule is O=CC1CC(c2ccc(Cl)cc2)Oc2ccc(O)cc21. The van der Waals surface area contributed by atoms with Gasteiger partial charge in [0.25, 0.3) is 0 Å². The zero-order chi connectivity index (χ0) is 14.1. The molecule has 0 radical (unpaired) electrons. The summed E-state index contributed by atoms with van der Waals surface area (Å²) >= 11 is 5.88. The van der Waals surface area contributed by atoms with E-state index in [1.807, 2.05) is 24.3 Å². The Morgan fingerprint density at radius 1 is 1.20 bits per heavy atom. The molecule has 3 nitrogen and oxygen atoms in total. The zero-order valence-electron chi connectivity index (χ0n) is 10.6. The van der Waals surface area contributed by atoms with Crippen LogP contribution in [0.2, 0.25) is 5.02 Å². The molecule has 0 amide bonds. The van der Waals surface area contributed by atoms with Crippen molar-refractivity contribution in [2.45, 2.75) is 18.4 Å². The van der Waals surface area contributed by atoms with Gasteiger partial charge in [-0.15, -0.1) is 0 Å². The molecule has 20 heavy (non-hydrogen) atoms. The van der Waals surface area contributed by atoms with Crippen LogP contribution in [0.3, 0.4) is 0 Å². The van der Waals surface area contributed by atoms with Gasteiger partial charge >= 0.3 is 0 Å². The van der Waals surface area contributed by atoms with Gasteiger partial charge in [-0.2, -0.15) is 0 Å². The summed E-state index contributed by atoms with van der Waals surface area (Å²) in [5.74, 6) is 0.516. The summed E-state index contributed by atoms with van der Waals surface area (Å²) < 4.78 is 5.93. The van der Waals surface area contributed by atoms with E-state index in [0.717, 1.165) is 17.4 Å². The third-order valence-electron chi connectivity index (χ3n) is 3.54. The zero-order valence-corrected chi connectivity index (χ0v) is 11.4. The first kappa shape index (κ1) is 13.0. The fourth-order valence-corrected chi connectivity index (χ4v) is 2.63. The van der Waals surface area contributed by atoms with Crippen molar-refractivity contribution in [3.05, 3.63) is 58.6 Å². The van der Waals surface area contributed by atoms with Crippen molar-refractivity contribution in [3.63, 3.8) is 0 Å². The molecule has 0 bridgehead atoms. The van der Waals surface area contributed by atoms with Crippen molar-refractivity contribution in [2.75, 3.05) is 0 Å². The molecule has 2 atom stereocenters. The molecule has 0 aliphatic carbocycles. The fourth-order valence-electron chi connectivity index (χ4n) is 2.50. The van der Waals surface area contributed by atoms with E-state index in [4.69, 9.17) is 16.3 Å². The van der Waals surface area contributed by atoms with Crippen LogP contribution in [-0.2, 0) is 4.79 Å². The van der Waals surface area contributed by atoms with E-state index in [2.05, 4.69) is 0 Å². The Bertz CT molecular complexity index is 637. The summed E-state index contributed by atoms with van der Waals surface area (Å²) in [6.07, 6.45) is 1.28. The molecule has 1 aliphatic rings. The highest BCUT2D eigenvalue weighted by Crippen LogP contribution is 2.42. The Balaban J connectivity index is 1.96. The third kappa shape index (κ3) is 2.37. The van der Waals surface area contributed by atoms with Gasteiger partial charge in [-0.05, 0) is 35.9 Å². The van der Waals surface area contributed by atoms with Crippen molar-refractivity contribution in [1.82, 2.24) is 0 Å². The predicted octanol–water partition coefficient (Wildman–Crippen LogP) is 3.85. The summed E-state index contributed by atoms with van der Waals surface area (Å²) in [5.41, 5.74) is 1.73. The Morgan fingerprint density at radius 3 is 2.65 bits per heavy atom. The molecule has 0 saturated carbocycles. The van der Waals surface area contributed by atoms with Gasteiger partial charge in [0.05, 0.1) is 0 Å². The minimum absolute atomic E-state index is 0.143. The number of phenolic OH excluding ortho intramolecular Hbond substituents is 1. The molecule has 1 heterocycles. The van der Waals surface area contributed by atoms with Crippen molar-refractivity contribution in [2.24, 2.45) is 0 Å². The van der Waals surface area contributed by atoms with E-state index in [-0.39, 0.29) is 17.8 Å². The Labute approximate surface area is 121 Å². The second-order valence-corrected chi connectivity index (χ2v) is 5.29. The summed E-state index contributed by atoms with van der Waals surface area (Å²) in [6.45, 7) is 0. The maximum Gasteiger partial charge on any atom is 0.127 e. The Kier molecular flexibility index (Phi) is 3.36. The fraction of sp³-hybridized carbons (Fsp3) is 0.188. The van der Waals surface area contributed by atoms with Gasteiger partial charge in [0.15, 0.2) is 0 Å². The normalized spacial score (nSPS) is 20.9. The highest BCUT2D eigenvalue weighted by Gasteiger charge is 2.29. The molecule has 2 aromatic carbocycles. The Hall–Kier alpha value is -2.00. The monoisotopic (exact) mass is 288 g/mol. The van der Waals surface area contributed by atoms with Gasteiger partial charge in [-0.1, -0.05) is 23.7 Å². The number of benzene rings is 2. The maximum absolute atomic E-state index is 11.3. The molecular weight excluding hydrogens is 276 g/mol. The van der Waals surface area contributed by atoms with Crippen LogP contribution >= 0.6 is 11.6 Å². The first-order valence-electron chi connectivity index (χ1n) is 6.37. The lowest BCUT2D eigenvalue weighted by molar-refractivity contribution is -0.110. The molecule has 3 rings (SSSR count). The summed E-state index contributed by atoms with van der Waals surface area (Å²) in [7, 11) is 0. The van der Waals surface area contributed by atoms with Crippen molar-refractivity contribution in [1.29, 1.82) is 0 Å². The molecule has 0 spiro atoms. The summed E-state index contributed by atoms with van der Waals surface area (Å²) in [5, 5.41) is 10.2. The van der Waals surface area contributed by atoms with Crippen molar-refractivity contribution < 1.29 is 14.6 Å². The van der Waals surface area contributed by atoms with E-state index < -0.39 is 0 Å². The number of aromatic hydroxyl groups is 1. The quantitative estimate of drug-likeness (QED) is 0.854. The lowest BCUT2D eigenvalue weighted by Gasteiger charge is -2.30. The number of aldehydes is 1. The van der Waals surface area contributed by atoms with E-state index >= 15 is 0 Å². The van der Waals surface area contributed by atoms with Crippen LogP contribution in [-0.4, -0.2) is 11.4 Å². The van der Waals surface area contributed by atoms with Crippen LogP contribution in [0.25, 0.3) is 0 Å². The van der Waals surface area contributed by atoms with Gasteiger partial charge in [0.2, 0.25) is 0 Å². The number of phenols is 1. The largest absolute Gasteiger partial charge is 0.508 e. The van der Waals surface area contributed by atoms with E-state index in [0.29, 0.717) is 17.2 Å². The Morgan fingerprint density at radius 2 is 1.95 bits per heavy atom. The first-order valence-corrected chi connectivity index (χ1v) is 6.75. The number of halogens is 1. The van der Waals surface area contributed by atoms with Crippen molar-refractivity contribution in [3.8, 4) is 11.5 Å². The highest BCUT2D eigenvalue weighted by molar-refractivity contribution is 6.30. The van der Waals surface area contributed by atoms with Crippen LogP contribution in [0, 0.1) is 0 Å². The minimum Gasteiger partial charge on any atom is -0.508 e. The molecule has 102 valence electrons. The smallest absolute Gasteiger partial charge is 0.127 e. The molecule has 0 saturated heterocycles. The number of hydrogen-bond donors (Lipinski definition) is 1. The molecule has 0 aromatic heterocycles. The number of carbonyl (C=O) groups excluding carboxylic acids is 1. The van der Waals surface area contributed by atoms with Crippen molar-refractivity contribution >= 4 is 17.9 Å². The van der Waals surface area contributed by atoms with Crippen LogP contribution in [0.1, 0.15) is 29.6 Å². The topological polar surface area (TPSA) is 46.5 Å². The van der Waals surface area contributed by atoms with E-state index in [1.165, 1.54) is 0 Å². The summed E-state index contributed by atoms with van der Waals surface area (Å²) in [4.78, 5) is 11.3. The predicted molar refractivity (Wildman–Crippen MR) is 76.3 cm³/mol.